The Balaban J connectivity index is 1.78. The van der Waals surface area contributed by atoms with Crippen molar-refractivity contribution < 1.29 is 9.50 Å². The van der Waals surface area contributed by atoms with Gasteiger partial charge in [-0.2, -0.15) is 0 Å². The maximum atomic E-state index is 13.3. The highest BCUT2D eigenvalue weighted by Crippen LogP contribution is 2.54. The summed E-state index contributed by atoms with van der Waals surface area (Å²) in [5, 5.41) is 10.6. The van der Waals surface area contributed by atoms with Gasteiger partial charge in [-0.3, -0.25) is 0 Å². The smallest absolute Gasteiger partial charge is 0.125 e. The van der Waals surface area contributed by atoms with Crippen LogP contribution in [0.25, 0.3) is 0 Å². The Morgan fingerprint density at radius 2 is 1.89 bits per heavy atom. The van der Waals surface area contributed by atoms with Crippen LogP contribution < -0.4 is 0 Å². The van der Waals surface area contributed by atoms with E-state index in [9.17, 15) is 9.50 Å². The summed E-state index contributed by atoms with van der Waals surface area (Å²) in [5.41, 5.74) is 1.79. The van der Waals surface area contributed by atoms with Gasteiger partial charge >= 0.3 is 0 Å². The number of aliphatic hydroxyl groups excluding tert-OH is 1. The van der Waals surface area contributed by atoms with Gasteiger partial charge < -0.3 is 5.11 Å². The minimum Gasteiger partial charge on any atom is -0.388 e. The summed E-state index contributed by atoms with van der Waals surface area (Å²) >= 11 is 5.82. The molecular formula is C16H14ClFO. The summed E-state index contributed by atoms with van der Waals surface area (Å²) in [4.78, 5) is 0. The molecule has 3 atom stereocenters. The molecule has 1 aliphatic carbocycles. The Kier molecular flexibility index (Phi) is 3.29. The van der Waals surface area contributed by atoms with Gasteiger partial charge in [0.2, 0.25) is 0 Å². The van der Waals surface area contributed by atoms with Crippen LogP contribution in [0, 0.1) is 11.7 Å². The van der Waals surface area contributed by atoms with E-state index >= 15 is 0 Å². The third-order valence-corrected chi connectivity index (χ3v) is 3.92. The first-order valence-electron chi connectivity index (χ1n) is 6.34. The van der Waals surface area contributed by atoms with Crippen molar-refractivity contribution in [2.75, 3.05) is 0 Å². The molecule has 0 spiro atoms. The van der Waals surface area contributed by atoms with E-state index in [2.05, 4.69) is 12.1 Å². The van der Waals surface area contributed by atoms with Gasteiger partial charge in [-0.1, -0.05) is 41.9 Å². The van der Waals surface area contributed by atoms with Gasteiger partial charge in [-0.05, 0) is 47.6 Å². The van der Waals surface area contributed by atoms with E-state index in [1.807, 2.05) is 18.2 Å². The Bertz CT molecular complexity index is 564. The van der Waals surface area contributed by atoms with Crippen molar-refractivity contribution in [2.45, 2.75) is 18.4 Å². The summed E-state index contributed by atoms with van der Waals surface area (Å²) in [6.07, 6.45) is 0.276. The van der Waals surface area contributed by atoms with Crippen molar-refractivity contribution in [1.82, 2.24) is 0 Å². The van der Waals surface area contributed by atoms with Crippen molar-refractivity contribution in [2.24, 2.45) is 5.92 Å². The third kappa shape index (κ3) is 2.65. The maximum Gasteiger partial charge on any atom is 0.125 e. The highest BCUT2D eigenvalue weighted by atomic mass is 35.5. The number of rotatable bonds is 3. The summed E-state index contributed by atoms with van der Waals surface area (Å²) in [6.45, 7) is 0. The SMILES string of the molecule is OC(c1cc(F)cc(Cl)c1)C1CC1c1ccccc1. The molecular weight excluding hydrogens is 263 g/mol. The first-order valence-corrected chi connectivity index (χ1v) is 6.72. The van der Waals surface area contributed by atoms with Crippen LogP contribution in [0.4, 0.5) is 4.39 Å². The van der Waals surface area contributed by atoms with Crippen LogP contribution in [-0.2, 0) is 0 Å². The number of hydrogen-bond acceptors (Lipinski definition) is 1. The largest absolute Gasteiger partial charge is 0.388 e. The molecule has 1 N–H and O–H groups in total. The van der Waals surface area contributed by atoms with E-state index in [1.54, 1.807) is 6.07 Å². The van der Waals surface area contributed by atoms with Gasteiger partial charge in [-0.25, -0.2) is 4.39 Å². The molecule has 0 aliphatic heterocycles. The van der Waals surface area contributed by atoms with Crippen molar-refractivity contribution in [1.29, 1.82) is 0 Å². The maximum absolute atomic E-state index is 13.3. The zero-order valence-electron chi connectivity index (χ0n) is 10.3. The minimum atomic E-state index is -0.654. The molecule has 0 amide bonds. The topological polar surface area (TPSA) is 20.2 Å². The van der Waals surface area contributed by atoms with E-state index in [0.717, 1.165) is 6.42 Å². The Labute approximate surface area is 116 Å². The molecule has 3 heteroatoms. The number of halogens is 2. The average Bonchev–Trinajstić information content (AvgIpc) is 3.18. The Hall–Kier alpha value is -1.38. The molecule has 2 aromatic carbocycles. The van der Waals surface area contributed by atoms with E-state index in [1.165, 1.54) is 17.7 Å². The van der Waals surface area contributed by atoms with Gasteiger partial charge in [-0.15, -0.1) is 0 Å². The predicted molar refractivity (Wildman–Crippen MR) is 73.7 cm³/mol. The first kappa shape index (κ1) is 12.6. The van der Waals surface area contributed by atoms with Crippen LogP contribution in [0.3, 0.4) is 0 Å². The lowest BCUT2D eigenvalue weighted by atomic mass is 10.0. The highest BCUT2D eigenvalue weighted by molar-refractivity contribution is 6.30. The van der Waals surface area contributed by atoms with E-state index in [4.69, 9.17) is 11.6 Å². The minimum absolute atomic E-state index is 0.153. The summed E-state index contributed by atoms with van der Waals surface area (Å²) in [6, 6.07) is 14.3. The molecule has 1 aliphatic rings. The van der Waals surface area contributed by atoms with Crippen LogP contribution in [-0.4, -0.2) is 5.11 Å². The Morgan fingerprint density at radius 3 is 2.58 bits per heavy atom. The first-order chi connectivity index (χ1) is 9.15. The molecule has 0 bridgehead atoms. The second-order valence-corrected chi connectivity index (χ2v) is 5.50. The zero-order valence-corrected chi connectivity index (χ0v) is 11.0. The molecule has 1 fully saturated rings. The number of aliphatic hydroxyl groups is 1. The molecule has 2 aromatic rings. The fourth-order valence-corrected chi connectivity index (χ4v) is 2.87. The predicted octanol–water partition coefficient (Wildman–Crippen LogP) is 4.32. The molecule has 98 valence electrons. The van der Waals surface area contributed by atoms with Gasteiger partial charge in [0.15, 0.2) is 0 Å². The molecule has 0 heterocycles. The molecule has 3 rings (SSSR count). The van der Waals surface area contributed by atoms with E-state index in [-0.39, 0.29) is 5.92 Å². The van der Waals surface area contributed by atoms with Gasteiger partial charge in [0.25, 0.3) is 0 Å². The van der Waals surface area contributed by atoms with Crippen molar-refractivity contribution in [3.05, 3.63) is 70.5 Å². The van der Waals surface area contributed by atoms with Crippen molar-refractivity contribution in [3.63, 3.8) is 0 Å². The molecule has 3 unspecified atom stereocenters. The third-order valence-electron chi connectivity index (χ3n) is 3.70. The molecule has 19 heavy (non-hydrogen) atoms. The summed E-state index contributed by atoms with van der Waals surface area (Å²) in [5.74, 6) is 0.108. The number of hydrogen-bond donors (Lipinski definition) is 1. The zero-order chi connectivity index (χ0) is 13.4. The summed E-state index contributed by atoms with van der Waals surface area (Å²) in [7, 11) is 0. The van der Waals surface area contributed by atoms with Crippen LogP contribution in [0.1, 0.15) is 29.6 Å². The van der Waals surface area contributed by atoms with Crippen LogP contribution in [0.2, 0.25) is 5.02 Å². The van der Waals surface area contributed by atoms with E-state index in [0.29, 0.717) is 16.5 Å². The summed E-state index contributed by atoms with van der Waals surface area (Å²) < 4.78 is 13.3. The molecule has 0 aromatic heterocycles. The van der Waals surface area contributed by atoms with Crippen molar-refractivity contribution in [3.8, 4) is 0 Å². The number of benzene rings is 2. The quantitative estimate of drug-likeness (QED) is 0.885. The molecule has 1 saturated carbocycles. The Morgan fingerprint density at radius 1 is 1.16 bits per heavy atom. The second-order valence-electron chi connectivity index (χ2n) is 5.06. The van der Waals surface area contributed by atoms with Gasteiger partial charge in [0.1, 0.15) is 5.82 Å². The second kappa shape index (κ2) is 4.95. The lowest BCUT2D eigenvalue weighted by molar-refractivity contribution is 0.151. The molecule has 0 radical (unpaired) electrons. The van der Waals surface area contributed by atoms with Crippen LogP contribution >= 0.6 is 11.6 Å². The lowest BCUT2D eigenvalue weighted by Crippen LogP contribution is -2.02. The van der Waals surface area contributed by atoms with Gasteiger partial charge in [0, 0.05) is 5.02 Å². The molecule has 0 saturated heterocycles. The highest BCUT2D eigenvalue weighted by Gasteiger charge is 2.43. The standard InChI is InChI=1S/C16H14ClFO/c17-12-6-11(7-13(18)8-12)16(19)15-9-14(15)10-4-2-1-3-5-10/h1-8,14-16,19H,9H2. The van der Waals surface area contributed by atoms with E-state index < -0.39 is 11.9 Å². The fourth-order valence-electron chi connectivity index (χ4n) is 2.64. The lowest BCUT2D eigenvalue weighted by Gasteiger charge is -2.11. The van der Waals surface area contributed by atoms with Crippen LogP contribution in [0.5, 0.6) is 0 Å². The fraction of sp³-hybridized carbons (Fsp3) is 0.250. The van der Waals surface area contributed by atoms with Gasteiger partial charge in [0.05, 0.1) is 6.10 Å². The van der Waals surface area contributed by atoms with Crippen LogP contribution in [0.15, 0.2) is 48.5 Å². The average molecular weight is 277 g/mol. The molecule has 1 nitrogen and oxygen atoms in total. The van der Waals surface area contributed by atoms with Crippen molar-refractivity contribution >= 4 is 11.6 Å². The monoisotopic (exact) mass is 276 g/mol. The normalized spacial score (nSPS) is 23.1.